The Hall–Kier alpha value is -2.47. The van der Waals surface area contributed by atoms with Crippen LogP contribution >= 0.6 is 0 Å². The number of rotatable bonds is 2. The van der Waals surface area contributed by atoms with Gasteiger partial charge in [0.2, 0.25) is 0 Å². The summed E-state index contributed by atoms with van der Waals surface area (Å²) in [7, 11) is 0. The number of allylic oxidation sites excluding steroid dienone is 1. The molecule has 0 amide bonds. The lowest BCUT2D eigenvalue weighted by atomic mass is 9.98. The van der Waals surface area contributed by atoms with Gasteiger partial charge in [-0.3, -0.25) is 0 Å². The first-order valence-corrected chi connectivity index (χ1v) is 10.8. The fraction of sp³-hybridized carbons (Fsp3) is 0.379. The molecule has 0 fully saturated rings. The topological polar surface area (TPSA) is 0 Å². The van der Waals surface area contributed by atoms with E-state index < -0.39 is 5.92 Å². The van der Waals surface area contributed by atoms with Crippen LogP contribution in [0.1, 0.15) is 89.5 Å². The van der Waals surface area contributed by atoms with E-state index in [9.17, 15) is 13.2 Å². The lowest BCUT2D eigenvalue weighted by molar-refractivity contribution is 0.0891. The average Bonchev–Trinajstić information content (AvgIpc) is 2.70. The molecule has 0 bridgehead atoms. The summed E-state index contributed by atoms with van der Waals surface area (Å²) in [5.41, 5.74) is 4.41. The van der Waals surface area contributed by atoms with Crippen molar-refractivity contribution in [1.29, 1.82) is 0 Å². The van der Waals surface area contributed by atoms with Crippen LogP contribution in [0.25, 0.3) is 0 Å². The average molecular weight is 447 g/mol. The second-order valence-electron chi connectivity index (χ2n) is 7.29. The summed E-state index contributed by atoms with van der Waals surface area (Å²) in [5, 5.41) is 0. The third-order valence-corrected chi connectivity index (χ3v) is 3.66. The molecule has 0 unspecified atom stereocenters. The zero-order valence-electron chi connectivity index (χ0n) is 21.1. The molecule has 0 atom stereocenters. The van der Waals surface area contributed by atoms with Gasteiger partial charge in [0.25, 0.3) is 0 Å². The summed E-state index contributed by atoms with van der Waals surface area (Å²) in [6.45, 7) is 26.1. The van der Waals surface area contributed by atoms with Crippen molar-refractivity contribution in [3.63, 3.8) is 0 Å². The van der Waals surface area contributed by atoms with Crippen LogP contribution in [-0.4, -0.2) is 5.92 Å². The Morgan fingerprint density at radius 3 is 1.56 bits per heavy atom. The van der Waals surface area contributed by atoms with Crippen LogP contribution in [0.15, 0.2) is 55.1 Å². The van der Waals surface area contributed by atoms with Crippen LogP contribution in [0.4, 0.5) is 13.2 Å². The van der Waals surface area contributed by atoms with E-state index >= 15 is 0 Å². The number of alkyl halides is 2. The fourth-order valence-corrected chi connectivity index (χ4v) is 2.23. The van der Waals surface area contributed by atoms with Crippen LogP contribution in [0.5, 0.6) is 0 Å². The van der Waals surface area contributed by atoms with Gasteiger partial charge in [-0.2, -0.15) is 8.78 Å². The third-order valence-electron chi connectivity index (χ3n) is 3.66. The van der Waals surface area contributed by atoms with Crippen LogP contribution in [-0.2, 0) is 0 Å². The minimum atomic E-state index is -2.93. The first kappa shape index (κ1) is 34.2. The minimum absolute atomic E-state index is 0.209. The Kier molecular flexibility index (Phi) is 20.5. The highest BCUT2D eigenvalue weighted by molar-refractivity contribution is 5.32. The molecule has 2 rings (SSSR count). The van der Waals surface area contributed by atoms with Gasteiger partial charge in [-0.05, 0) is 72.9 Å². The van der Waals surface area contributed by atoms with E-state index in [1.807, 2.05) is 26.8 Å². The predicted octanol–water partition coefficient (Wildman–Crippen LogP) is 9.62. The van der Waals surface area contributed by atoms with Gasteiger partial charge in [0.15, 0.2) is 0 Å². The van der Waals surface area contributed by atoms with Crippen molar-refractivity contribution >= 4 is 0 Å². The van der Waals surface area contributed by atoms with Gasteiger partial charge in [-0.1, -0.05) is 78.0 Å². The summed E-state index contributed by atoms with van der Waals surface area (Å²) in [4.78, 5) is 0. The molecule has 0 aliphatic carbocycles. The molecule has 0 spiro atoms. The quantitative estimate of drug-likeness (QED) is 0.318. The molecule has 32 heavy (non-hydrogen) atoms. The maximum absolute atomic E-state index is 12.6. The zero-order valence-corrected chi connectivity index (χ0v) is 21.1. The van der Waals surface area contributed by atoms with E-state index in [4.69, 9.17) is 0 Å². The SMILES string of the molecule is C#CC(C)(F)F.C=CC.CC.[CH2]c1cc(F)ccc1C(C)C.[CH2]c1ccccc1C(C)C. The molecule has 2 aromatic carbocycles. The van der Waals surface area contributed by atoms with E-state index in [-0.39, 0.29) is 5.82 Å². The first-order valence-electron chi connectivity index (χ1n) is 10.8. The molecule has 0 aliphatic rings. The number of terminal acetylenes is 1. The molecule has 0 nitrogen and oxygen atoms in total. The van der Waals surface area contributed by atoms with E-state index in [0.717, 1.165) is 16.7 Å². The van der Waals surface area contributed by atoms with Crippen LogP contribution < -0.4 is 0 Å². The van der Waals surface area contributed by atoms with Crippen LogP contribution in [0.2, 0.25) is 0 Å². The molecule has 2 aromatic rings. The van der Waals surface area contributed by atoms with E-state index in [0.29, 0.717) is 18.8 Å². The molecule has 0 aromatic heterocycles. The van der Waals surface area contributed by atoms with Gasteiger partial charge in [0.05, 0.1) is 0 Å². The second kappa shape index (κ2) is 19.2. The largest absolute Gasteiger partial charge is 0.305 e. The van der Waals surface area contributed by atoms with Crippen molar-refractivity contribution < 1.29 is 13.2 Å². The number of halogens is 3. The van der Waals surface area contributed by atoms with E-state index in [2.05, 4.69) is 72.7 Å². The maximum Gasteiger partial charge on any atom is 0.305 e. The first-order chi connectivity index (χ1) is 14.8. The highest BCUT2D eigenvalue weighted by Crippen LogP contribution is 2.19. The lowest BCUT2D eigenvalue weighted by Crippen LogP contribution is -2.02. The van der Waals surface area contributed by atoms with Gasteiger partial charge < -0.3 is 0 Å². The molecule has 0 N–H and O–H groups in total. The molecule has 0 aliphatic heterocycles. The minimum Gasteiger partial charge on any atom is -0.207 e. The number of hydrogen-bond acceptors (Lipinski definition) is 0. The third kappa shape index (κ3) is 18.3. The van der Waals surface area contributed by atoms with E-state index in [1.165, 1.54) is 23.6 Å². The molecule has 0 saturated heterocycles. The van der Waals surface area contributed by atoms with Crippen molar-refractivity contribution in [3.8, 4) is 12.3 Å². The lowest BCUT2D eigenvalue weighted by Gasteiger charge is -2.08. The molecule has 3 heteroatoms. The van der Waals surface area contributed by atoms with Gasteiger partial charge >= 0.3 is 5.92 Å². The Labute approximate surface area is 196 Å². The Balaban J connectivity index is -0.000000369. The standard InChI is InChI=1S/C10H12F.C10H13.C4H4F2.C3H6.C2H6/c1-7(2)10-5-4-9(11)6-8(10)3;1-8(2)10-7-5-4-6-9(10)3;1-3-4(2,5)6;1-3-2;1-2/h4-7H,3H2,1-2H3;4-8H,3H2,1-2H3;1H,2H3;3H,1H2,2H3;1-2H3. The summed E-state index contributed by atoms with van der Waals surface area (Å²) in [5.74, 6) is -0.858. The monoisotopic (exact) mass is 446 g/mol. The van der Waals surface area contributed by atoms with Gasteiger partial charge in [0, 0.05) is 6.92 Å². The highest BCUT2D eigenvalue weighted by atomic mass is 19.3. The molecular formula is C29H41F3. The van der Waals surface area contributed by atoms with Crippen molar-refractivity contribution in [2.24, 2.45) is 0 Å². The Morgan fingerprint density at radius 2 is 1.28 bits per heavy atom. The van der Waals surface area contributed by atoms with Gasteiger partial charge in [0.1, 0.15) is 5.82 Å². The van der Waals surface area contributed by atoms with E-state index in [1.54, 1.807) is 12.1 Å². The Bertz CT molecular complexity index is 776. The summed E-state index contributed by atoms with van der Waals surface area (Å²) in [6, 6.07) is 13.0. The normalized spacial score (nSPS) is 9.44. The zero-order chi connectivity index (χ0) is 25.9. The number of hydrogen-bond donors (Lipinski definition) is 0. The van der Waals surface area contributed by atoms with Crippen LogP contribution in [0, 0.1) is 32.0 Å². The fourth-order valence-electron chi connectivity index (χ4n) is 2.23. The molecule has 2 radical (unpaired) electrons. The second-order valence-corrected chi connectivity index (χ2v) is 7.29. The van der Waals surface area contributed by atoms with Crippen molar-refractivity contribution in [3.05, 3.63) is 97.0 Å². The Morgan fingerprint density at radius 1 is 0.906 bits per heavy atom. The van der Waals surface area contributed by atoms with Crippen molar-refractivity contribution in [1.82, 2.24) is 0 Å². The molecule has 0 saturated carbocycles. The molecule has 0 heterocycles. The van der Waals surface area contributed by atoms with Gasteiger partial charge in [-0.15, -0.1) is 13.0 Å². The smallest absolute Gasteiger partial charge is 0.207 e. The maximum atomic E-state index is 12.6. The molecular weight excluding hydrogens is 405 g/mol. The summed E-state index contributed by atoms with van der Waals surface area (Å²) in [6.07, 6.45) is 6.06. The predicted molar refractivity (Wildman–Crippen MR) is 137 cm³/mol. The van der Waals surface area contributed by atoms with Gasteiger partial charge in [-0.25, -0.2) is 4.39 Å². The molecule has 178 valence electrons. The summed E-state index contributed by atoms with van der Waals surface area (Å²) >= 11 is 0. The van der Waals surface area contributed by atoms with Crippen molar-refractivity contribution in [2.75, 3.05) is 0 Å². The number of benzene rings is 2. The van der Waals surface area contributed by atoms with Crippen LogP contribution in [0.3, 0.4) is 0 Å². The highest BCUT2D eigenvalue weighted by Gasteiger charge is 2.13. The van der Waals surface area contributed by atoms with Crippen molar-refractivity contribution in [2.45, 2.75) is 73.1 Å². The summed E-state index contributed by atoms with van der Waals surface area (Å²) < 4.78 is 35.0.